The van der Waals surface area contributed by atoms with E-state index in [0.29, 0.717) is 0 Å². The molecule has 0 saturated heterocycles. The van der Waals surface area contributed by atoms with Crippen LogP contribution in [0.1, 0.15) is 46.5 Å². The van der Waals surface area contributed by atoms with Crippen molar-refractivity contribution < 1.29 is 0 Å². The molecule has 1 aliphatic rings. The van der Waals surface area contributed by atoms with Gasteiger partial charge in [-0.1, -0.05) is 67.5 Å². The Kier molecular flexibility index (Phi) is 8.06. The molecule has 0 fully saturated rings. The van der Waals surface area contributed by atoms with Gasteiger partial charge >= 0.3 is 0 Å². The van der Waals surface area contributed by atoms with Crippen LogP contribution in [0.25, 0.3) is 0 Å². The van der Waals surface area contributed by atoms with Crippen LogP contribution >= 0.6 is 11.6 Å². The SMILES string of the molecule is C\C=C/C(=C\C=C(/C)C1=CCC=C(Cl)C=C1)CCCC. The number of hydrogen-bond acceptors (Lipinski definition) is 0. The quantitative estimate of drug-likeness (QED) is 0.481. The van der Waals surface area contributed by atoms with Gasteiger partial charge in [0.05, 0.1) is 0 Å². The molecule has 108 valence electrons. The first-order valence-corrected chi connectivity index (χ1v) is 7.79. The maximum atomic E-state index is 6.02. The lowest BCUT2D eigenvalue weighted by molar-refractivity contribution is 0.798. The standard InChI is InChI=1S/C19H25Cl/c1-4-6-9-17(8-5-2)13-12-16(3)18-10-7-11-19(20)15-14-18/h5,8,10-15H,4,6-7,9H2,1-3H3/b8-5-,16-12+,17-13+. The van der Waals surface area contributed by atoms with Crippen molar-refractivity contribution in [3.05, 3.63) is 70.4 Å². The zero-order chi connectivity index (χ0) is 14.8. The lowest BCUT2D eigenvalue weighted by atomic mass is 10.0. The van der Waals surface area contributed by atoms with Gasteiger partial charge in [-0.05, 0) is 55.9 Å². The van der Waals surface area contributed by atoms with Gasteiger partial charge in [-0.15, -0.1) is 0 Å². The highest BCUT2D eigenvalue weighted by Crippen LogP contribution is 2.19. The zero-order valence-electron chi connectivity index (χ0n) is 12.8. The Bertz CT molecular complexity index is 482. The average Bonchev–Trinajstić information content (AvgIpc) is 2.66. The van der Waals surface area contributed by atoms with Crippen LogP contribution in [0.5, 0.6) is 0 Å². The normalized spacial score (nSPS) is 17.2. The van der Waals surface area contributed by atoms with Gasteiger partial charge in [0.15, 0.2) is 0 Å². The predicted octanol–water partition coefficient (Wildman–Crippen LogP) is 6.63. The molecule has 0 unspecified atom stereocenters. The minimum atomic E-state index is 0.817. The van der Waals surface area contributed by atoms with Crippen molar-refractivity contribution in [3.63, 3.8) is 0 Å². The molecule has 0 radical (unpaired) electrons. The third-order valence-corrected chi connectivity index (χ3v) is 3.56. The number of rotatable bonds is 6. The number of hydrogen-bond donors (Lipinski definition) is 0. The average molecular weight is 289 g/mol. The summed E-state index contributed by atoms with van der Waals surface area (Å²) in [5, 5.41) is 0.817. The third-order valence-electron chi connectivity index (χ3n) is 3.28. The van der Waals surface area contributed by atoms with Gasteiger partial charge < -0.3 is 0 Å². The van der Waals surface area contributed by atoms with Crippen LogP contribution in [-0.2, 0) is 0 Å². The lowest BCUT2D eigenvalue weighted by Gasteiger charge is -2.02. The molecule has 0 aromatic heterocycles. The minimum absolute atomic E-state index is 0.817. The van der Waals surface area contributed by atoms with Crippen LogP contribution in [0.3, 0.4) is 0 Å². The third kappa shape index (κ3) is 6.25. The van der Waals surface area contributed by atoms with Crippen LogP contribution < -0.4 is 0 Å². The van der Waals surface area contributed by atoms with Crippen LogP contribution in [0.2, 0.25) is 0 Å². The zero-order valence-corrected chi connectivity index (χ0v) is 13.6. The van der Waals surface area contributed by atoms with Gasteiger partial charge in [0.25, 0.3) is 0 Å². The first-order chi connectivity index (χ1) is 9.67. The van der Waals surface area contributed by atoms with E-state index in [9.17, 15) is 0 Å². The summed E-state index contributed by atoms with van der Waals surface area (Å²) in [4.78, 5) is 0. The predicted molar refractivity (Wildman–Crippen MR) is 92.0 cm³/mol. The highest BCUT2D eigenvalue weighted by Gasteiger charge is 1.99. The molecular weight excluding hydrogens is 264 g/mol. The summed E-state index contributed by atoms with van der Waals surface area (Å²) in [6.45, 7) is 6.45. The van der Waals surface area contributed by atoms with E-state index < -0.39 is 0 Å². The molecule has 0 nitrogen and oxygen atoms in total. The second kappa shape index (κ2) is 9.61. The lowest BCUT2D eigenvalue weighted by Crippen LogP contribution is -1.83. The van der Waals surface area contributed by atoms with E-state index in [1.807, 2.05) is 12.2 Å². The van der Waals surface area contributed by atoms with E-state index in [0.717, 1.165) is 17.9 Å². The van der Waals surface area contributed by atoms with Gasteiger partial charge in [-0.25, -0.2) is 0 Å². The molecule has 0 amide bonds. The maximum absolute atomic E-state index is 6.02. The minimum Gasteiger partial charge on any atom is -0.0874 e. The summed E-state index contributed by atoms with van der Waals surface area (Å²) in [6, 6.07) is 0. The second-order valence-corrected chi connectivity index (χ2v) is 5.45. The van der Waals surface area contributed by atoms with Gasteiger partial charge in [0.1, 0.15) is 0 Å². The molecule has 1 heteroatoms. The molecule has 0 aromatic carbocycles. The Labute approximate surface area is 128 Å². The molecule has 0 saturated carbocycles. The van der Waals surface area contributed by atoms with Crippen LogP contribution in [0.4, 0.5) is 0 Å². The monoisotopic (exact) mass is 288 g/mol. The Morgan fingerprint density at radius 2 is 2.05 bits per heavy atom. The number of halogens is 1. The van der Waals surface area contributed by atoms with E-state index in [2.05, 4.69) is 57.2 Å². The molecule has 0 atom stereocenters. The van der Waals surface area contributed by atoms with Gasteiger partial charge in [-0.2, -0.15) is 0 Å². The van der Waals surface area contributed by atoms with Gasteiger partial charge in [-0.3, -0.25) is 0 Å². The first-order valence-electron chi connectivity index (χ1n) is 7.41. The molecule has 1 rings (SSSR count). The summed E-state index contributed by atoms with van der Waals surface area (Å²) < 4.78 is 0. The molecule has 0 N–H and O–H groups in total. The van der Waals surface area contributed by atoms with Crippen LogP contribution in [0, 0.1) is 0 Å². The summed E-state index contributed by atoms with van der Waals surface area (Å²) in [6.07, 6.45) is 21.6. The largest absolute Gasteiger partial charge is 0.0874 e. The van der Waals surface area contributed by atoms with Crippen molar-refractivity contribution in [1.82, 2.24) is 0 Å². The van der Waals surface area contributed by atoms with E-state index in [-0.39, 0.29) is 0 Å². The van der Waals surface area contributed by atoms with Crippen LogP contribution in [-0.4, -0.2) is 0 Å². The topological polar surface area (TPSA) is 0 Å². The smallest absolute Gasteiger partial charge is 0.0369 e. The fourth-order valence-electron chi connectivity index (χ4n) is 2.04. The van der Waals surface area contributed by atoms with Gasteiger partial charge in [0.2, 0.25) is 0 Å². The van der Waals surface area contributed by atoms with E-state index in [1.54, 1.807) is 0 Å². The first kappa shape index (κ1) is 16.8. The molecular formula is C19H25Cl. The van der Waals surface area contributed by atoms with E-state index >= 15 is 0 Å². The van der Waals surface area contributed by atoms with Crippen LogP contribution in [0.15, 0.2) is 70.4 Å². The number of unbranched alkanes of at least 4 members (excludes halogenated alkanes) is 1. The highest BCUT2D eigenvalue weighted by molar-refractivity contribution is 6.31. The molecule has 0 aliphatic heterocycles. The summed E-state index contributed by atoms with van der Waals surface area (Å²) in [7, 11) is 0. The second-order valence-electron chi connectivity index (χ2n) is 5.01. The Morgan fingerprint density at radius 1 is 1.25 bits per heavy atom. The Balaban J connectivity index is 2.81. The molecule has 0 aromatic rings. The Morgan fingerprint density at radius 3 is 2.75 bits per heavy atom. The fraction of sp³-hybridized carbons (Fsp3) is 0.368. The molecule has 20 heavy (non-hydrogen) atoms. The van der Waals surface area contributed by atoms with E-state index in [1.165, 1.54) is 29.6 Å². The van der Waals surface area contributed by atoms with Gasteiger partial charge in [0, 0.05) is 5.03 Å². The fourth-order valence-corrected chi connectivity index (χ4v) is 2.19. The van der Waals surface area contributed by atoms with Crippen molar-refractivity contribution in [2.45, 2.75) is 46.5 Å². The van der Waals surface area contributed by atoms with Crippen molar-refractivity contribution >= 4 is 11.6 Å². The van der Waals surface area contributed by atoms with Crippen molar-refractivity contribution in [3.8, 4) is 0 Å². The maximum Gasteiger partial charge on any atom is 0.0369 e. The molecule has 0 heterocycles. The summed E-state index contributed by atoms with van der Waals surface area (Å²) in [5.41, 5.74) is 3.92. The molecule has 0 spiro atoms. The highest BCUT2D eigenvalue weighted by atomic mass is 35.5. The molecule has 0 bridgehead atoms. The number of allylic oxidation sites excluding steroid dienone is 12. The van der Waals surface area contributed by atoms with Crippen molar-refractivity contribution in [2.24, 2.45) is 0 Å². The molecule has 1 aliphatic carbocycles. The summed E-state index contributed by atoms with van der Waals surface area (Å²) >= 11 is 6.02. The van der Waals surface area contributed by atoms with Crippen molar-refractivity contribution in [1.29, 1.82) is 0 Å². The Hall–Kier alpha value is -1.27. The van der Waals surface area contributed by atoms with Crippen molar-refractivity contribution in [2.75, 3.05) is 0 Å². The van der Waals surface area contributed by atoms with E-state index in [4.69, 9.17) is 11.6 Å². The summed E-state index contributed by atoms with van der Waals surface area (Å²) in [5.74, 6) is 0.